The van der Waals surface area contributed by atoms with Crippen LogP contribution in [-0.2, 0) is 0 Å². The zero-order chi connectivity index (χ0) is 11.7. The van der Waals surface area contributed by atoms with Crippen LogP contribution in [0.3, 0.4) is 0 Å². The summed E-state index contributed by atoms with van der Waals surface area (Å²) in [7, 11) is 0. The lowest BCUT2D eigenvalue weighted by Gasteiger charge is -2.08. The fourth-order valence-corrected chi connectivity index (χ4v) is 1.51. The van der Waals surface area contributed by atoms with Crippen molar-refractivity contribution >= 4 is 5.69 Å². The molecule has 0 amide bonds. The first-order valence-electron chi connectivity index (χ1n) is 4.59. The van der Waals surface area contributed by atoms with Gasteiger partial charge in [0.1, 0.15) is 0 Å². The van der Waals surface area contributed by atoms with E-state index in [-0.39, 0.29) is 11.3 Å². The van der Waals surface area contributed by atoms with E-state index in [0.717, 1.165) is 6.07 Å². The molecule has 16 heavy (non-hydrogen) atoms. The number of anilines is 1. The SMILES string of the molecule is Nc1cc(F)c(F)c(F)c1-c1ccccc1. The standard InChI is InChI=1S/C12H8F3N/c13-8-6-9(16)10(12(15)11(8)14)7-4-2-1-3-5-7/h1-6H,16H2. The first-order valence-corrected chi connectivity index (χ1v) is 4.59. The Balaban J connectivity index is 2.71. The van der Waals surface area contributed by atoms with Crippen LogP contribution < -0.4 is 5.73 Å². The fourth-order valence-electron chi connectivity index (χ4n) is 1.51. The normalized spacial score (nSPS) is 10.4. The predicted molar refractivity (Wildman–Crippen MR) is 56.2 cm³/mol. The Bertz CT molecular complexity index is 524. The Morgan fingerprint density at radius 1 is 0.875 bits per heavy atom. The van der Waals surface area contributed by atoms with Crippen LogP contribution in [0, 0.1) is 17.5 Å². The minimum absolute atomic E-state index is 0.112. The zero-order valence-corrected chi connectivity index (χ0v) is 8.18. The molecule has 0 aliphatic rings. The van der Waals surface area contributed by atoms with E-state index >= 15 is 0 Å². The molecule has 2 rings (SSSR count). The molecule has 0 fully saturated rings. The van der Waals surface area contributed by atoms with Crippen molar-refractivity contribution in [2.45, 2.75) is 0 Å². The Labute approximate surface area is 90.3 Å². The summed E-state index contributed by atoms with van der Waals surface area (Å²) in [6.45, 7) is 0. The number of rotatable bonds is 1. The summed E-state index contributed by atoms with van der Waals surface area (Å²) in [5.74, 6) is -4.05. The smallest absolute Gasteiger partial charge is 0.195 e. The molecule has 2 N–H and O–H groups in total. The van der Waals surface area contributed by atoms with Crippen molar-refractivity contribution in [2.24, 2.45) is 0 Å². The molecule has 0 saturated carbocycles. The van der Waals surface area contributed by atoms with Gasteiger partial charge in [-0.05, 0) is 5.56 Å². The van der Waals surface area contributed by atoms with Crippen LogP contribution in [0.1, 0.15) is 0 Å². The van der Waals surface area contributed by atoms with Gasteiger partial charge in [-0.3, -0.25) is 0 Å². The van der Waals surface area contributed by atoms with E-state index in [1.165, 1.54) is 0 Å². The van der Waals surface area contributed by atoms with Crippen molar-refractivity contribution in [3.8, 4) is 11.1 Å². The number of nitrogens with two attached hydrogens (primary N) is 1. The predicted octanol–water partition coefficient (Wildman–Crippen LogP) is 3.35. The number of hydrogen-bond acceptors (Lipinski definition) is 1. The van der Waals surface area contributed by atoms with Crippen LogP contribution in [0.15, 0.2) is 36.4 Å². The lowest BCUT2D eigenvalue weighted by molar-refractivity contribution is 0.449. The molecule has 1 nitrogen and oxygen atoms in total. The van der Waals surface area contributed by atoms with E-state index in [9.17, 15) is 13.2 Å². The molecule has 82 valence electrons. The first-order chi connectivity index (χ1) is 7.61. The van der Waals surface area contributed by atoms with Crippen LogP contribution in [0.2, 0.25) is 0 Å². The Kier molecular flexibility index (Phi) is 2.56. The molecule has 0 atom stereocenters. The molecule has 0 aliphatic carbocycles. The van der Waals surface area contributed by atoms with Gasteiger partial charge >= 0.3 is 0 Å². The summed E-state index contributed by atoms with van der Waals surface area (Å²) >= 11 is 0. The number of nitrogen functional groups attached to an aromatic ring is 1. The number of halogens is 3. The average molecular weight is 223 g/mol. The molecule has 0 saturated heterocycles. The van der Waals surface area contributed by atoms with Crippen molar-refractivity contribution in [2.75, 3.05) is 5.73 Å². The molecule has 2 aromatic rings. The van der Waals surface area contributed by atoms with E-state index in [4.69, 9.17) is 5.73 Å². The third-order valence-electron chi connectivity index (χ3n) is 2.26. The molecule has 0 unspecified atom stereocenters. The minimum Gasteiger partial charge on any atom is -0.398 e. The monoisotopic (exact) mass is 223 g/mol. The Morgan fingerprint density at radius 2 is 1.50 bits per heavy atom. The van der Waals surface area contributed by atoms with E-state index < -0.39 is 17.5 Å². The summed E-state index contributed by atoms with van der Waals surface area (Å²) in [5, 5.41) is 0. The van der Waals surface area contributed by atoms with Crippen LogP contribution >= 0.6 is 0 Å². The maximum Gasteiger partial charge on any atom is 0.195 e. The van der Waals surface area contributed by atoms with Crippen molar-refractivity contribution < 1.29 is 13.2 Å². The molecule has 0 bridgehead atoms. The van der Waals surface area contributed by atoms with Gasteiger partial charge < -0.3 is 5.73 Å². The van der Waals surface area contributed by atoms with Crippen LogP contribution in [0.5, 0.6) is 0 Å². The van der Waals surface area contributed by atoms with E-state index in [0.29, 0.717) is 5.56 Å². The molecule has 2 aromatic carbocycles. The van der Waals surface area contributed by atoms with Crippen molar-refractivity contribution in [1.29, 1.82) is 0 Å². The van der Waals surface area contributed by atoms with Gasteiger partial charge in [0.05, 0.1) is 0 Å². The van der Waals surface area contributed by atoms with Gasteiger partial charge in [0.25, 0.3) is 0 Å². The molecular weight excluding hydrogens is 215 g/mol. The second kappa shape index (κ2) is 3.89. The highest BCUT2D eigenvalue weighted by atomic mass is 19.2. The largest absolute Gasteiger partial charge is 0.398 e. The first kappa shape index (κ1) is 10.5. The van der Waals surface area contributed by atoms with Crippen molar-refractivity contribution in [3.05, 3.63) is 53.8 Å². The fraction of sp³-hybridized carbons (Fsp3) is 0. The summed E-state index contributed by atoms with van der Waals surface area (Å²) in [6, 6.07) is 8.99. The number of benzene rings is 2. The van der Waals surface area contributed by atoms with Crippen LogP contribution in [-0.4, -0.2) is 0 Å². The highest BCUT2D eigenvalue weighted by Gasteiger charge is 2.18. The average Bonchev–Trinajstić information content (AvgIpc) is 2.28. The van der Waals surface area contributed by atoms with Crippen LogP contribution in [0.25, 0.3) is 11.1 Å². The Morgan fingerprint density at radius 3 is 2.12 bits per heavy atom. The summed E-state index contributed by atoms with van der Waals surface area (Å²) in [6.07, 6.45) is 0. The lowest BCUT2D eigenvalue weighted by Crippen LogP contribution is -2.00. The second-order valence-corrected chi connectivity index (χ2v) is 3.32. The number of hydrogen-bond donors (Lipinski definition) is 1. The highest BCUT2D eigenvalue weighted by molar-refractivity contribution is 5.76. The molecular formula is C12H8F3N. The van der Waals surface area contributed by atoms with Crippen molar-refractivity contribution in [1.82, 2.24) is 0 Å². The molecule has 0 radical (unpaired) electrons. The van der Waals surface area contributed by atoms with Gasteiger partial charge in [-0.2, -0.15) is 0 Å². The van der Waals surface area contributed by atoms with Gasteiger partial charge in [0, 0.05) is 17.3 Å². The van der Waals surface area contributed by atoms with Crippen molar-refractivity contribution in [3.63, 3.8) is 0 Å². The zero-order valence-electron chi connectivity index (χ0n) is 8.18. The molecule has 0 aliphatic heterocycles. The molecule has 0 spiro atoms. The van der Waals surface area contributed by atoms with Gasteiger partial charge in [0.15, 0.2) is 17.5 Å². The van der Waals surface area contributed by atoms with Gasteiger partial charge in [-0.25, -0.2) is 13.2 Å². The highest BCUT2D eigenvalue weighted by Crippen LogP contribution is 2.31. The van der Waals surface area contributed by atoms with E-state index in [1.54, 1.807) is 30.3 Å². The lowest BCUT2D eigenvalue weighted by atomic mass is 10.0. The van der Waals surface area contributed by atoms with E-state index in [2.05, 4.69) is 0 Å². The topological polar surface area (TPSA) is 26.0 Å². The van der Waals surface area contributed by atoms with Gasteiger partial charge in [-0.1, -0.05) is 30.3 Å². The molecule has 4 heteroatoms. The van der Waals surface area contributed by atoms with Gasteiger partial charge in [-0.15, -0.1) is 0 Å². The maximum atomic E-state index is 13.5. The quantitative estimate of drug-likeness (QED) is 0.582. The van der Waals surface area contributed by atoms with Crippen LogP contribution in [0.4, 0.5) is 18.9 Å². The Hall–Kier alpha value is -1.97. The summed E-state index contributed by atoms with van der Waals surface area (Å²) in [4.78, 5) is 0. The van der Waals surface area contributed by atoms with Gasteiger partial charge in [0.2, 0.25) is 0 Å². The minimum atomic E-state index is -1.51. The summed E-state index contributed by atoms with van der Waals surface area (Å²) in [5.41, 5.74) is 5.66. The third-order valence-corrected chi connectivity index (χ3v) is 2.26. The summed E-state index contributed by atoms with van der Waals surface area (Å²) < 4.78 is 39.4. The maximum absolute atomic E-state index is 13.5. The molecule has 0 heterocycles. The molecule has 0 aromatic heterocycles. The third kappa shape index (κ3) is 1.62. The van der Waals surface area contributed by atoms with E-state index in [1.807, 2.05) is 0 Å². The second-order valence-electron chi connectivity index (χ2n) is 3.32.